The van der Waals surface area contributed by atoms with Gasteiger partial charge >= 0.3 is 37.7 Å². The van der Waals surface area contributed by atoms with Crippen molar-refractivity contribution < 1.29 is 19.1 Å². The average Bonchev–Trinajstić information content (AvgIpc) is 2.68. The van der Waals surface area contributed by atoms with E-state index in [1.54, 1.807) is 24.3 Å². The van der Waals surface area contributed by atoms with Gasteiger partial charge in [0.15, 0.2) is 5.58 Å². The maximum atomic E-state index is 11.2. The molecule has 0 fully saturated rings. The first-order valence-corrected chi connectivity index (χ1v) is 5.25. The van der Waals surface area contributed by atoms with E-state index in [9.17, 15) is 14.7 Å². The van der Waals surface area contributed by atoms with Crippen LogP contribution in [0.1, 0.15) is 18.2 Å². The third kappa shape index (κ3) is 3.41. The van der Waals surface area contributed by atoms with Crippen LogP contribution in [-0.2, 0) is 22.2 Å². The van der Waals surface area contributed by atoms with E-state index >= 15 is 0 Å². The van der Waals surface area contributed by atoms with Gasteiger partial charge in [-0.3, -0.25) is 0 Å². The van der Waals surface area contributed by atoms with Crippen molar-refractivity contribution in [2.24, 2.45) is 0 Å². The van der Waals surface area contributed by atoms with Crippen LogP contribution in [-0.4, -0.2) is 53.8 Å². The molecule has 0 saturated heterocycles. The van der Waals surface area contributed by atoms with Crippen molar-refractivity contribution in [2.75, 3.05) is 0 Å². The number of carbonyl (C=O) groups is 2. The minimum absolute atomic E-state index is 0. The van der Waals surface area contributed by atoms with Crippen LogP contribution < -0.4 is 5.11 Å². The van der Waals surface area contributed by atoms with Crippen LogP contribution in [0.4, 0.5) is 0 Å². The average molecular weight is 289 g/mol. The van der Waals surface area contributed by atoms with E-state index < -0.39 is 23.4 Å². The number of aromatic nitrogens is 1. The monoisotopic (exact) mass is 289 g/mol. The molecule has 88 valence electrons. The molecular weight excluding hydrogens is 282 g/mol. The Kier molecular flexibility index (Phi) is 5.52. The van der Waals surface area contributed by atoms with Gasteiger partial charge in [-0.15, -0.1) is 0 Å². The SMILES string of the molecule is O=C([O-])CC(C(=O)[S-])c1nc2ccccc2o1.[Ca+2]. The van der Waals surface area contributed by atoms with Gasteiger partial charge in [0.25, 0.3) is 0 Å². The van der Waals surface area contributed by atoms with Gasteiger partial charge in [0.1, 0.15) is 5.52 Å². The maximum absolute atomic E-state index is 11.2. The van der Waals surface area contributed by atoms with E-state index in [1.165, 1.54) is 0 Å². The summed E-state index contributed by atoms with van der Waals surface area (Å²) in [4.78, 5) is 25.7. The number of hydrogen-bond acceptors (Lipinski definition) is 6. The molecule has 7 heteroatoms. The third-order valence-corrected chi connectivity index (χ3v) is 2.55. The Morgan fingerprint density at radius 3 is 2.61 bits per heavy atom. The summed E-state index contributed by atoms with van der Waals surface area (Å²) in [5.41, 5.74) is 1.05. The predicted molar refractivity (Wildman–Crippen MR) is 64.5 cm³/mol. The summed E-state index contributed by atoms with van der Waals surface area (Å²) in [5, 5.41) is 9.80. The first-order chi connectivity index (χ1) is 8.08. The molecule has 0 amide bonds. The Labute approximate surface area is 138 Å². The van der Waals surface area contributed by atoms with E-state index in [-0.39, 0.29) is 43.6 Å². The molecule has 0 aliphatic heterocycles. The number of carboxylic acids is 1. The predicted octanol–water partition coefficient (Wildman–Crippen LogP) is -0.256. The molecule has 18 heavy (non-hydrogen) atoms. The molecule has 0 aliphatic carbocycles. The molecule has 5 nitrogen and oxygen atoms in total. The van der Waals surface area contributed by atoms with Gasteiger partial charge in [0.05, 0.1) is 5.92 Å². The molecular formula is C11H7CaNO4S. The van der Waals surface area contributed by atoms with Gasteiger partial charge in [-0.25, -0.2) is 4.98 Å². The molecule has 0 bridgehead atoms. The van der Waals surface area contributed by atoms with Crippen molar-refractivity contribution in [3.05, 3.63) is 30.2 Å². The molecule has 0 aliphatic rings. The van der Waals surface area contributed by atoms with E-state index in [0.717, 1.165) is 0 Å². The molecule has 0 spiro atoms. The second-order valence-corrected chi connectivity index (χ2v) is 3.87. The van der Waals surface area contributed by atoms with Crippen molar-refractivity contribution in [1.29, 1.82) is 0 Å². The fourth-order valence-corrected chi connectivity index (χ4v) is 1.66. The summed E-state index contributed by atoms with van der Waals surface area (Å²) >= 11 is 4.48. The van der Waals surface area contributed by atoms with Crippen molar-refractivity contribution in [3.8, 4) is 0 Å². The Balaban J connectivity index is 0.00000162. The summed E-state index contributed by atoms with van der Waals surface area (Å²) in [6.45, 7) is 0. The van der Waals surface area contributed by atoms with Gasteiger partial charge in [0, 0.05) is 17.5 Å². The van der Waals surface area contributed by atoms with Crippen molar-refractivity contribution in [3.63, 3.8) is 0 Å². The van der Waals surface area contributed by atoms with E-state index in [0.29, 0.717) is 11.1 Å². The molecule has 0 N–H and O–H groups in total. The standard InChI is InChI=1S/C11H9NO4S.Ca/c13-9(14)5-6(11(15)17)10-12-7-3-1-2-4-8(7)16-10;/h1-4,6H,5H2,(H,13,14)(H,15,17);/q;+2/p-2. The van der Waals surface area contributed by atoms with Crippen LogP contribution in [0.15, 0.2) is 28.7 Å². The Morgan fingerprint density at radius 2 is 2.06 bits per heavy atom. The number of aliphatic carboxylic acids is 1. The summed E-state index contributed by atoms with van der Waals surface area (Å²) in [7, 11) is 0. The zero-order valence-corrected chi connectivity index (χ0v) is 12.3. The Bertz CT molecular complexity index is 550. The topological polar surface area (TPSA) is 83.2 Å². The summed E-state index contributed by atoms with van der Waals surface area (Å²) < 4.78 is 5.30. The maximum Gasteiger partial charge on any atom is 2.00 e. The fourth-order valence-electron chi connectivity index (χ4n) is 1.48. The number of rotatable bonds is 4. The fraction of sp³-hybridized carbons (Fsp3) is 0.182. The molecule has 2 aromatic rings. The minimum Gasteiger partial charge on any atom is -0.741 e. The molecule has 1 atom stereocenters. The number of hydrogen-bond donors (Lipinski definition) is 0. The van der Waals surface area contributed by atoms with Crippen LogP contribution in [0.3, 0.4) is 0 Å². The second-order valence-electron chi connectivity index (χ2n) is 3.47. The Morgan fingerprint density at radius 1 is 1.39 bits per heavy atom. The van der Waals surface area contributed by atoms with Gasteiger partial charge in [-0.05, 0) is 12.1 Å². The zero-order chi connectivity index (χ0) is 12.4. The smallest absolute Gasteiger partial charge is 0.741 e. The minimum atomic E-state index is -1.37. The molecule has 1 heterocycles. The van der Waals surface area contributed by atoms with E-state index in [1.807, 2.05) is 0 Å². The molecule has 1 unspecified atom stereocenters. The molecule has 1 aromatic carbocycles. The molecule has 0 radical (unpaired) electrons. The number of fused-ring (bicyclic) bond motifs is 1. The number of benzene rings is 1. The summed E-state index contributed by atoms with van der Waals surface area (Å²) in [6, 6.07) is 6.89. The third-order valence-electron chi connectivity index (χ3n) is 2.26. The molecule has 1 aromatic heterocycles. The number of carboxylic acid groups (broad SMARTS) is 1. The molecule has 2 rings (SSSR count). The van der Waals surface area contributed by atoms with Crippen LogP contribution >= 0.6 is 0 Å². The van der Waals surface area contributed by atoms with Gasteiger partial charge in [-0.1, -0.05) is 12.1 Å². The number of oxazole rings is 1. The van der Waals surface area contributed by atoms with E-state index in [2.05, 4.69) is 17.6 Å². The largest absolute Gasteiger partial charge is 2.00 e. The quantitative estimate of drug-likeness (QED) is 0.570. The van der Waals surface area contributed by atoms with Crippen LogP contribution in [0.5, 0.6) is 0 Å². The summed E-state index contributed by atoms with van der Waals surface area (Å²) in [5.74, 6) is -2.41. The van der Waals surface area contributed by atoms with Crippen molar-refractivity contribution in [1.82, 2.24) is 4.98 Å². The second kappa shape index (κ2) is 6.47. The summed E-state index contributed by atoms with van der Waals surface area (Å²) in [6.07, 6.45) is -0.519. The van der Waals surface area contributed by atoms with Crippen molar-refractivity contribution in [2.45, 2.75) is 12.3 Å². The number of carbonyl (C=O) groups excluding carboxylic acids is 2. The first kappa shape index (κ1) is 15.4. The zero-order valence-electron chi connectivity index (χ0n) is 9.29. The van der Waals surface area contributed by atoms with Crippen LogP contribution in [0, 0.1) is 0 Å². The number of para-hydroxylation sites is 2. The van der Waals surface area contributed by atoms with Crippen LogP contribution in [0.2, 0.25) is 0 Å². The first-order valence-electron chi connectivity index (χ1n) is 4.84. The van der Waals surface area contributed by atoms with Crippen LogP contribution in [0.25, 0.3) is 11.1 Å². The van der Waals surface area contributed by atoms with E-state index in [4.69, 9.17) is 4.42 Å². The van der Waals surface area contributed by atoms with Gasteiger partial charge < -0.3 is 31.7 Å². The Hall–Kier alpha value is -0.690. The van der Waals surface area contributed by atoms with Gasteiger partial charge in [0.2, 0.25) is 5.89 Å². The van der Waals surface area contributed by atoms with Gasteiger partial charge in [-0.2, -0.15) is 0 Å². The van der Waals surface area contributed by atoms with Crippen molar-refractivity contribution >= 4 is 72.6 Å². The normalized spacial score (nSPS) is 11.8. The molecule has 0 saturated carbocycles. The number of nitrogens with zero attached hydrogens (tertiary/aromatic N) is 1.